The summed E-state index contributed by atoms with van der Waals surface area (Å²) in [4.78, 5) is 26.0. The number of carbonyl (C=O) groups excluding carboxylic acids is 2. The highest BCUT2D eigenvalue weighted by atomic mass is 16.2. The first kappa shape index (κ1) is 17.9. The highest BCUT2D eigenvalue weighted by Gasteiger charge is 2.48. The van der Waals surface area contributed by atoms with E-state index in [0.717, 1.165) is 38.9 Å². The van der Waals surface area contributed by atoms with Gasteiger partial charge in [-0.15, -0.1) is 0 Å². The monoisotopic (exact) mass is 343 g/mol. The van der Waals surface area contributed by atoms with E-state index >= 15 is 0 Å². The first-order chi connectivity index (χ1) is 11.9. The number of amides is 3. The first-order valence-electron chi connectivity index (χ1n) is 9.30. The van der Waals surface area contributed by atoms with Gasteiger partial charge >= 0.3 is 6.03 Å². The topological polar surface area (TPSA) is 61.4 Å². The number of nitrogens with zero attached hydrogens (tertiary/aromatic N) is 1. The second-order valence-electron chi connectivity index (χ2n) is 8.08. The zero-order chi connectivity index (χ0) is 18.0. The van der Waals surface area contributed by atoms with Crippen molar-refractivity contribution in [1.82, 2.24) is 15.5 Å². The van der Waals surface area contributed by atoms with Gasteiger partial charge in [-0.1, -0.05) is 38.1 Å². The Balaban J connectivity index is 1.53. The van der Waals surface area contributed by atoms with Crippen molar-refractivity contribution in [3.05, 3.63) is 35.4 Å². The van der Waals surface area contributed by atoms with Crippen molar-refractivity contribution in [1.29, 1.82) is 0 Å². The summed E-state index contributed by atoms with van der Waals surface area (Å²) in [5, 5.41) is 5.19. The number of benzene rings is 1. The lowest BCUT2D eigenvalue weighted by Crippen LogP contribution is -2.53. The number of urea groups is 1. The number of likely N-dealkylation sites (tertiary alicyclic amines) is 1. The van der Waals surface area contributed by atoms with Crippen molar-refractivity contribution >= 4 is 11.9 Å². The van der Waals surface area contributed by atoms with Crippen molar-refractivity contribution in [2.24, 2.45) is 11.8 Å². The largest absolute Gasteiger partial charge is 0.323 e. The number of carbonyl (C=O) groups is 2. The normalized spacial score (nSPS) is 25.3. The maximum Gasteiger partial charge on any atom is 0.322 e. The van der Waals surface area contributed by atoms with Crippen LogP contribution in [0, 0.1) is 11.8 Å². The molecule has 0 radical (unpaired) electrons. The highest BCUT2D eigenvalue weighted by Crippen LogP contribution is 2.31. The molecule has 3 rings (SSSR count). The molecular weight excluding hydrogens is 314 g/mol. The minimum atomic E-state index is -0.748. The smallest absolute Gasteiger partial charge is 0.322 e. The molecule has 2 fully saturated rings. The molecule has 0 saturated carbocycles. The zero-order valence-corrected chi connectivity index (χ0v) is 15.5. The molecule has 2 N–H and O–H groups in total. The van der Waals surface area contributed by atoms with Crippen molar-refractivity contribution in [2.45, 2.75) is 52.1 Å². The molecule has 0 aromatic heterocycles. The summed E-state index contributed by atoms with van der Waals surface area (Å²) in [6.07, 6.45) is 2.98. The van der Waals surface area contributed by atoms with Crippen molar-refractivity contribution < 1.29 is 9.59 Å². The van der Waals surface area contributed by atoms with Gasteiger partial charge in [0, 0.05) is 6.54 Å². The maximum atomic E-state index is 12.1. The van der Waals surface area contributed by atoms with Crippen LogP contribution in [0.5, 0.6) is 0 Å². The quantitative estimate of drug-likeness (QED) is 0.808. The van der Waals surface area contributed by atoms with Crippen LogP contribution in [0.4, 0.5) is 4.79 Å². The number of piperidine rings is 1. The van der Waals surface area contributed by atoms with E-state index in [0.29, 0.717) is 5.92 Å². The predicted octanol–water partition coefficient (Wildman–Crippen LogP) is 2.70. The zero-order valence-electron chi connectivity index (χ0n) is 15.5. The molecule has 1 aromatic rings. The Morgan fingerprint density at radius 2 is 1.72 bits per heavy atom. The minimum Gasteiger partial charge on any atom is -0.323 e. The molecule has 0 spiro atoms. The molecule has 5 nitrogen and oxygen atoms in total. The van der Waals surface area contributed by atoms with Crippen LogP contribution in [0.2, 0.25) is 0 Å². The van der Waals surface area contributed by atoms with Crippen LogP contribution in [-0.2, 0) is 17.8 Å². The van der Waals surface area contributed by atoms with Gasteiger partial charge < -0.3 is 5.32 Å². The molecule has 136 valence electrons. The standard InChI is InChI=1S/C20H29N3O2/c1-14(2)12-15-4-6-16(7-5-15)13-23-10-8-17(9-11-23)20(3)18(24)21-19(25)22-20/h4-7,14,17H,8-13H2,1-3H3,(H2,21,22,24,25). The Kier molecular flexibility index (Phi) is 5.13. The van der Waals surface area contributed by atoms with E-state index in [-0.39, 0.29) is 17.9 Å². The summed E-state index contributed by atoms with van der Waals surface area (Å²) < 4.78 is 0. The summed E-state index contributed by atoms with van der Waals surface area (Å²) in [5.74, 6) is 0.694. The van der Waals surface area contributed by atoms with Crippen LogP contribution in [0.25, 0.3) is 0 Å². The van der Waals surface area contributed by atoms with Gasteiger partial charge in [-0.3, -0.25) is 15.0 Å². The van der Waals surface area contributed by atoms with Crippen molar-refractivity contribution in [3.63, 3.8) is 0 Å². The fourth-order valence-corrected chi connectivity index (χ4v) is 4.02. The Labute approximate surface area is 150 Å². The lowest BCUT2D eigenvalue weighted by atomic mass is 9.79. The molecular formula is C20H29N3O2. The summed E-state index contributed by atoms with van der Waals surface area (Å²) in [5.41, 5.74) is 1.99. The number of rotatable bonds is 5. The van der Waals surface area contributed by atoms with Gasteiger partial charge in [0.05, 0.1) is 0 Å². The van der Waals surface area contributed by atoms with Gasteiger partial charge in [0.25, 0.3) is 5.91 Å². The molecule has 0 aliphatic carbocycles. The Hall–Kier alpha value is -1.88. The van der Waals surface area contributed by atoms with E-state index in [1.165, 1.54) is 11.1 Å². The molecule has 25 heavy (non-hydrogen) atoms. The number of hydrogen-bond donors (Lipinski definition) is 2. The van der Waals surface area contributed by atoms with Crippen molar-refractivity contribution in [2.75, 3.05) is 13.1 Å². The molecule has 0 bridgehead atoms. The minimum absolute atomic E-state index is 0.184. The molecule has 2 heterocycles. The van der Waals surface area contributed by atoms with E-state index in [1.54, 1.807) is 0 Å². The molecule has 1 aromatic carbocycles. The highest BCUT2D eigenvalue weighted by molar-refractivity contribution is 6.06. The van der Waals surface area contributed by atoms with Crippen LogP contribution in [0.3, 0.4) is 0 Å². The van der Waals surface area contributed by atoms with E-state index < -0.39 is 5.54 Å². The summed E-state index contributed by atoms with van der Waals surface area (Å²) in [6, 6.07) is 8.57. The van der Waals surface area contributed by atoms with E-state index in [1.807, 2.05) is 6.92 Å². The predicted molar refractivity (Wildman–Crippen MR) is 98.1 cm³/mol. The van der Waals surface area contributed by atoms with Gasteiger partial charge in [0.15, 0.2) is 0 Å². The number of nitrogens with one attached hydrogen (secondary N) is 2. The fraction of sp³-hybridized carbons (Fsp3) is 0.600. The molecule has 2 saturated heterocycles. The van der Waals surface area contributed by atoms with Gasteiger partial charge in [-0.2, -0.15) is 0 Å². The van der Waals surface area contributed by atoms with Gasteiger partial charge in [0.1, 0.15) is 5.54 Å². The second kappa shape index (κ2) is 7.16. The van der Waals surface area contributed by atoms with Crippen LogP contribution in [-0.4, -0.2) is 35.5 Å². The van der Waals surface area contributed by atoms with E-state index in [2.05, 4.69) is 53.6 Å². The average Bonchev–Trinajstić information content (AvgIpc) is 2.83. The lowest BCUT2D eigenvalue weighted by Gasteiger charge is -2.38. The molecule has 5 heteroatoms. The Morgan fingerprint density at radius 3 is 2.24 bits per heavy atom. The summed E-state index contributed by atoms with van der Waals surface area (Å²) in [7, 11) is 0. The SMILES string of the molecule is CC(C)Cc1ccc(CN2CCC(C3(C)NC(=O)NC3=O)CC2)cc1. The average molecular weight is 343 g/mol. The van der Waals surface area contributed by atoms with Crippen LogP contribution in [0.15, 0.2) is 24.3 Å². The lowest BCUT2D eigenvalue weighted by molar-refractivity contribution is -0.125. The Morgan fingerprint density at radius 1 is 1.12 bits per heavy atom. The van der Waals surface area contributed by atoms with Gasteiger partial charge in [0.2, 0.25) is 0 Å². The van der Waals surface area contributed by atoms with Gasteiger partial charge in [-0.25, -0.2) is 4.79 Å². The first-order valence-corrected chi connectivity index (χ1v) is 9.30. The third-order valence-electron chi connectivity index (χ3n) is 5.55. The third-order valence-corrected chi connectivity index (χ3v) is 5.55. The van der Waals surface area contributed by atoms with Crippen LogP contribution in [0.1, 0.15) is 44.7 Å². The van der Waals surface area contributed by atoms with Crippen LogP contribution < -0.4 is 10.6 Å². The molecule has 1 atom stereocenters. The third kappa shape index (κ3) is 4.03. The maximum absolute atomic E-state index is 12.1. The second-order valence-corrected chi connectivity index (χ2v) is 8.08. The number of imide groups is 1. The number of hydrogen-bond acceptors (Lipinski definition) is 3. The van der Waals surface area contributed by atoms with Crippen LogP contribution >= 0.6 is 0 Å². The van der Waals surface area contributed by atoms with Gasteiger partial charge in [-0.05, 0) is 62.2 Å². The van der Waals surface area contributed by atoms with E-state index in [9.17, 15) is 9.59 Å². The molecule has 3 amide bonds. The molecule has 2 aliphatic rings. The Bertz CT molecular complexity index is 633. The van der Waals surface area contributed by atoms with E-state index in [4.69, 9.17) is 0 Å². The molecule has 2 aliphatic heterocycles. The fourth-order valence-electron chi connectivity index (χ4n) is 4.02. The summed E-state index contributed by atoms with van der Waals surface area (Å²) >= 11 is 0. The van der Waals surface area contributed by atoms with Crippen molar-refractivity contribution in [3.8, 4) is 0 Å². The molecule has 1 unspecified atom stereocenters. The summed E-state index contributed by atoms with van der Waals surface area (Å²) in [6.45, 7) is 9.19.